The highest BCUT2D eigenvalue weighted by atomic mass is 35.5. The summed E-state index contributed by atoms with van der Waals surface area (Å²) in [6.07, 6.45) is 1.42. The summed E-state index contributed by atoms with van der Waals surface area (Å²) in [5.41, 5.74) is 1.67. The van der Waals surface area contributed by atoms with Crippen LogP contribution in [0.25, 0.3) is 0 Å². The second kappa shape index (κ2) is 7.66. The molecule has 1 aromatic carbocycles. The number of likely N-dealkylation sites (tertiary alicyclic amines) is 1. The molecule has 1 unspecified atom stereocenters. The smallest absolute Gasteiger partial charge is 0.308 e. The van der Waals surface area contributed by atoms with Crippen LogP contribution >= 0.6 is 11.6 Å². The van der Waals surface area contributed by atoms with Crippen LogP contribution in [0.15, 0.2) is 18.2 Å². The SMILES string of the molecule is COC(=O)C1CCN(C(=O)C2CC(=O)N(c3ccc(C)c(Cl)c3)C2)CC1. The van der Waals surface area contributed by atoms with E-state index in [9.17, 15) is 14.4 Å². The maximum absolute atomic E-state index is 12.8. The van der Waals surface area contributed by atoms with Crippen molar-refractivity contribution in [1.82, 2.24) is 4.90 Å². The number of carbonyl (C=O) groups excluding carboxylic acids is 3. The molecule has 0 spiro atoms. The van der Waals surface area contributed by atoms with E-state index in [0.29, 0.717) is 37.5 Å². The topological polar surface area (TPSA) is 66.9 Å². The average Bonchev–Trinajstić information content (AvgIpc) is 3.04. The molecule has 140 valence electrons. The molecule has 2 heterocycles. The van der Waals surface area contributed by atoms with Gasteiger partial charge < -0.3 is 14.5 Å². The summed E-state index contributed by atoms with van der Waals surface area (Å²) in [5, 5.41) is 0.606. The Balaban J connectivity index is 1.62. The minimum Gasteiger partial charge on any atom is -0.469 e. The number of carbonyl (C=O) groups is 3. The Morgan fingerprint density at radius 1 is 1.19 bits per heavy atom. The van der Waals surface area contributed by atoms with Crippen LogP contribution in [0.4, 0.5) is 5.69 Å². The van der Waals surface area contributed by atoms with Gasteiger partial charge in [0.1, 0.15) is 0 Å². The van der Waals surface area contributed by atoms with Gasteiger partial charge in [0.25, 0.3) is 0 Å². The Labute approximate surface area is 158 Å². The highest BCUT2D eigenvalue weighted by Crippen LogP contribution is 2.30. The van der Waals surface area contributed by atoms with Gasteiger partial charge in [0, 0.05) is 36.8 Å². The molecule has 0 aromatic heterocycles. The molecule has 0 aliphatic carbocycles. The molecular weight excluding hydrogens is 356 g/mol. The molecule has 2 aliphatic heterocycles. The zero-order chi connectivity index (χ0) is 18.8. The van der Waals surface area contributed by atoms with Crippen molar-refractivity contribution in [2.45, 2.75) is 26.2 Å². The Morgan fingerprint density at radius 2 is 1.88 bits per heavy atom. The van der Waals surface area contributed by atoms with Crippen molar-refractivity contribution in [3.8, 4) is 0 Å². The van der Waals surface area contributed by atoms with Crippen LogP contribution in [0.5, 0.6) is 0 Å². The van der Waals surface area contributed by atoms with Crippen molar-refractivity contribution >= 4 is 35.1 Å². The molecule has 0 N–H and O–H groups in total. The molecule has 2 amide bonds. The Bertz CT molecular complexity index is 728. The third kappa shape index (κ3) is 3.70. The van der Waals surface area contributed by atoms with Crippen molar-refractivity contribution in [1.29, 1.82) is 0 Å². The van der Waals surface area contributed by atoms with Gasteiger partial charge in [-0.1, -0.05) is 17.7 Å². The average molecular weight is 379 g/mol. The van der Waals surface area contributed by atoms with E-state index in [4.69, 9.17) is 16.3 Å². The number of halogens is 1. The number of amides is 2. The maximum Gasteiger partial charge on any atom is 0.308 e. The fourth-order valence-electron chi connectivity index (χ4n) is 3.63. The molecule has 6 nitrogen and oxygen atoms in total. The third-order valence-corrected chi connectivity index (χ3v) is 5.69. The minimum absolute atomic E-state index is 0.0117. The summed E-state index contributed by atoms with van der Waals surface area (Å²) >= 11 is 6.16. The molecule has 2 aliphatic rings. The number of piperidine rings is 1. The standard InChI is InChI=1S/C19H23ClN2O4/c1-12-3-4-15(10-16(12)20)22-11-14(9-17(22)23)18(24)21-7-5-13(6-8-21)19(25)26-2/h3-4,10,13-14H,5-9,11H2,1-2H3. The van der Waals surface area contributed by atoms with Gasteiger partial charge in [-0.15, -0.1) is 0 Å². The number of benzene rings is 1. The van der Waals surface area contributed by atoms with Gasteiger partial charge in [0.2, 0.25) is 11.8 Å². The first kappa shape index (κ1) is 18.7. The van der Waals surface area contributed by atoms with Gasteiger partial charge in [-0.3, -0.25) is 14.4 Å². The second-order valence-corrected chi connectivity index (χ2v) is 7.37. The fraction of sp³-hybridized carbons (Fsp3) is 0.526. The Morgan fingerprint density at radius 3 is 2.50 bits per heavy atom. The summed E-state index contributed by atoms with van der Waals surface area (Å²) in [7, 11) is 1.38. The number of nitrogens with zero attached hydrogens (tertiary/aromatic N) is 2. The summed E-state index contributed by atoms with van der Waals surface area (Å²) in [6.45, 7) is 3.33. The van der Waals surface area contributed by atoms with E-state index in [1.54, 1.807) is 15.9 Å². The lowest BCUT2D eigenvalue weighted by Crippen LogP contribution is -2.43. The molecule has 0 bridgehead atoms. The highest BCUT2D eigenvalue weighted by Gasteiger charge is 2.38. The number of hydrogen-bond donors (Lipinski definition) is 0. The van der Waals surface area contributed by atoms with Crippen LogP contribution in [-0.2, 0) is 19.1 Å². The number of esters is 1. The molecule has 2 fully saturated rings. The first-order chi connectivity index (χ1) is 12.4. The maximum atomic E-state index is 12.8. The lowest BCUT2D eigenvalue weighted by atomic mass is 9.95. The number of rotatable bonds is 3. The number of methoxy groups -OCH3 is 1. The largest absolute Gasteiger partial charge is 0.469 e. The number of anilines is 1. The van der Waals surface area contributed by atoms with E-state index in [1.807, 2.05) is 19.1 Å². The monoisotopic (exact) mass is 378 g/mol. The van der Waals surface area contributed by atoms with Crippen molar-refractivity contribution in [2.24, 2.45) is 11.8 Å². The Hall–Kier alpha value is -2.08. The van der Waals surface area contributed by atoms with Crippen molar-refractivity contribution in [3.05, 3.63) is 28.8 Å². The van der Waals surface area contributed by atoms with Crippen LogP contribution in [0, 0.1) is 18.8 Å². The molecule has 7 heteroatoms. The lowest BCUT2D eigenvalue weighted by molar-refractivity contribution is -0.149. The van der Waals surface area contributed by atoms with Gasteiger partial charge in [-0.05, 0) is 37.5 Å². The van der Waals surface area contributed by atoms with E-state index in [2.05, 4.69) is 0 Å². The van der Waals surface area contributed by atoms with Crippen LogP contribution < -0.4 is 4.90 Å². The highest BCUT2D eigenvalue weighted by molar-refractivity contribution is 6.31. The molecule has 2 saturated heterocycles. The normalized spacial score (nSPS) is 21.2. The van der Waals surface area contributed by atoms with E-state index in [1.165, 1.54) is 7.11 Å². The van der Waals surface area contributed by atoms with Gasteiger partial charge >= 0.3 is 5.97 Å². The first-order valence-electron chi connectivity index (χ1n) is 8.84. The fourth-order valence-corrected chi connectivity index (χ4v) is 3.81. The van der Waals surface area contributed by atoms with E-state index in [-0.39, 0.29) is 36.0 Å². The third-order valence-electron chi connectivity index (χ3n) is 5.28. The van der Waals surface area contributed by atoms with Crippen molar-refractivity contribution in [3.63, 3.8) is 0 Å². The number of aryl methyl sites for hydroxylation is 1. The van der Waals surface area contributed by atoms with Gasteiger partial charge in [-0.25, -0.2) is 0 Å². The molecule has 1 atom stereocenters. The molecule has 1 aromatic rings. The first-order valence-corrected chi connectivity index (χ1v) is 9.21. The quantitative estimate of drug-likeness (QED) is 0.757. The summed E-state index contributed by atoms with van der Waals surface area (Å²) in [5.74, 6) is -0.775. The summed E-state index contributed by atoms with van der Waals surface area (Å²) < 4.78 is 4.78. The zero-order valence-corrected chi connectivity index (χ0v) is 15.8. The predicted octanol–water partition coefficient (Wildman–Crippen LogP) is 2.41. The summed E-state index contributed by atoms with van der Waals surface area (Å²) in [4.78, 5) is 40.2. The zero-order valence-electron chi connectivity index (χ0n) is 15.0. The molecule has 26 heavy (non-hydrogen) atoms. The van der Waals surface area contributed by atoms with E-state index in [0.717, 1.165) is 11.3 Å². The van der Waals surface area contributed by atoms with Gasteiger partial charge in [-0.2, -0.15) is 0 Å². The van der Waals surface area contributed by atoms with E-state index < -0.39 is 0 Å². The molecule has 3 rings (SSSR count). The molecular formula is C19H23ClN2O4. The van der Waals surface area contributed by atoms with Crippen molar-refractivity contribution in [2.75, 3.05) is 31.6 Å². The minimum atomic E-state index is -0.350. The second-order valence-electron chi connectivity index (χ2n) is 6.96. The Kier molecular flexibility index (Phi) is 5.51. The van der Waals surface area contributed by atoms with Crippen LogP contribution in [-0.4, -0.2) is 49.4 Å². The van der Waals surface area contributed by atoms with Gasteiger partial charge in [0.15, 0.2) is 0 Å². The number of ether oxygens (including phenoxy) is 1. The number of hydrogen-bond acceptors (Lipinski definition) is 4. The van der Waals surface area contributed by atoms with E-state index >= 15 is 0 Å². The van der Waals surface area contributed by atoms with Crippen LogP contribution in [0.2, 0.25) is 5.02 Å². The molecule has 0 radical (unpaired) electrons. The lowest BCUT2D eigenvalue weighted by Gasteiger charge is -2.32. The predicted molar refractivity (Wildman–Crippen MR) is 98.0 cm³/mol. The van der Waals surface area contributed by atoms with Crippen LogP contribution in [0.1, 0.15) is 24.8 Å². The van der Waals surface area contributed by atoms with Crippen molar-refractivity contribution < 1.29 is 19.1 Å². The summed E-state index contributed by atoms with van der Waals surface area (Å²) in [6, 6.07) is 5.50. The van der Waals surface area contributed by atoms with Gasteiger partial charge in [0.05, 0.1) is 18.9 Å². The van der Waals surface area contributed by atoms with Crippen LogP contribution in [0.3, 0.4) is 0 Å². The molecule has 0 saturated carbocycles.